The molecule has 4 rings (SSSR count). The largest absolute Gasteiger partial charge is 0.378 e. The van der Waals surface area contributed by atoms with Gasteiger partial charge in [0, 0.05) is 52.3 Å². The molecule has 4 heterocycles. The van der Waals surface area contributed by atoms with Crippen LogP contribution in [0, 0.1) is 6.92 Å². The first-order valence-corrected chi connectivity index (χ1v) is 8.69. The normalized spacial score (nSPS) is 19.4. The molecule has 2 aromatic rings. The summed E-state index contributed by atoms with van der Waals surface area (Å²) in [6.07, 6.45) is 1.66. The van der Waals surface area contributed by atoms with E-state index in [9.17, 15) is 0 Å². The van der Waals surface area contributed by atoms with Crippen LogP contribution in [0.25, 0.3) is 0 Å². The smallest absolute Gasteiger partial charge is 0.223 e. The number of ether oxygens (including phenoxy) is 1. The minimum atomic E-state index is 0.616. The average molecular weight is 345 g/mol. The molecule has 2 fully saturated rings. The molecule has 2 aromatic heterocycles. The molecular formula is C16H23N7O2. The zero-order valence-electron chi connectivity index (χ0n) is 14.5. The molecule has 0 aliphatic carbocycles. The van der Waals surface area contributed by atoms with Gasteiger partial charge in [0.1, 0.15) is 18.0 Å². The first-order chi connectivity index (χ1) is 12.3. The number of rotatable bonds is 4. The van der Waals surface area contributed by atoms with E-state index >= 15 is 0 Å². The van der Waals surface area contributed by atoms with E-state index in [0.717, 1.165) is 76.5 Å². The second kappa shape index (κ2) is 7.32. The number of nitrogens with zero attached hydrogens (tertiary/aromatic N) is 7. The lowest BCUT2D eigenvalue weighted by Gasteiger charge is -2.35. The Bertz CT molecular complexity index is 693. The third kappa shape index (κ3) is 3.88. The summed E-state index contributed by atoms with van der Waals surface area (Å²) < 4.78 is 10.5. The van der Waals surface area contributed by atoms with E-state index in [0.29, 0.717) is 5.89 Å². The Balaban J connectivity index is 1.35. The van der Waals surface area contributed by atoms with Crippen molar-refractivity contribution in [1.29, 1.82) is 0 Å². The Morgan fingerprint density at radius 3 is 2.28 bits per heavy atom. The number of morpholine rings is 1. The third-order valence-corrected chi connectivity index (χ3v) is 4.60. The second-order valence-electron chi connectivity index (χ2n) is 6.33. The van der Waals surface area contributed by atoms with E-state index in [4.69, 9.17) is 9.26 Å². The number of hydrogen-bond donors (Lipinski definition) is 0. The van der Waals surface area contributed by atoms with Gasteiger partial charge in [-0.05, 0) is 0 Å². The van der Waals surface area contributed by atoms with E-state index in [1.165, 1.54) is 0 Å². The maximum absolute atomic E-state index is 5.41. The lowest BCUT2D eigenvalue weighted by Crippen LogP contribution is -2.46. The summed E-state index contributed by atoms with van der Waals surface area (Å²) in [5.41, 5.74) is 0. The van der Waals surface area contributed by atoms with Crippen LogP contribution < -0.4 is 9.80 Å². The predicted molar refractivity (Wildman–Crippen MR) is 91.6 cm³/mol. The molecule has 9 nitrogen and oxygen atoms in total. The molecule has 0 spiro atoms. The number of aromatic nitrogens is 4. The van der Waals surface area contributed by atoms with Crippen molar-refractivity contribution in [3.05, 3.63) is 24.1 Å². The van der Waals surface area contributed by atoms with E-state index in [2.05, 4.69) is 40.9 Å². The molecular weight excluding hydrogens is 322 g/mol. The van der Waals surface area contributed by atoms with Gasteiger partial charge in [0.15, 0.2) is 5.82 Å². The Morgan fingerprint density at radius 2 is 1.64 bits per heavy atom. The van der Waals surface area contributed by atoms with Crippen LogP contribution in [0.4, 0.5) is 11.6 Å². The van der Waals surface area contributed by atoms with E-state index in [1.54, 1.807) is 6.33 Å². The van der Waals surface area contributed by atoms with Crippen LogP contribution in [0.5, 0.6) is 0 Å². The van der Waals surface area contributed by atoms with Crippen molar-refractivity contribution in [3.8, 4) is 0 Å². The minimum Gasteiger partial charge on any atom is -0.378 e. The Morgan fingerprint density at radius 1 is 0.960 bits per heavy atom. The maximum Gasteiger partial charge on any atom is 0.223 e. The highest BCUT2D eigenvalue weighted by Gasteiger charge is 2.21. The quantitative estimate of drug-likeness (QED) is 0.778. The molecule has 0 atom stereocenters. The number of hydrogen-bond acceptors (Lipinski definition) is 9. The molecule has 0 bridgehead atoms. The van der Waals surface area contributed by atoms with E-state index < -0.39 is 0 Å². The van der Waals surface area contributed by atoms with Gasteiger partial charge in [0.05, 0.1) is 19.8 Å². The summed E-state index contributed by atoms with van der Waals surface area (Å²) in [7, 11) is 0. The molecule has 9 heteroatoms. The third-order valence-electron chi connectivity index (χ3n) is 4.60. The first-order valence-electron chi connectivity index (χ1n) is 8.69. The van der Waals surface area contributed by atoms with Crippen molar-refractivity contribution in [2.24, 2.45) is 0 Å². The summed E-state index contributed by atoms with van der Waals surface area (Å²) >= 11 is 0. The molecule has 0 unspecified atom stereocenters. The average Bonchev–Trinajstić information content (AvgIpc) is 3.08. The van der Waals surface area contributed by atoms with Gasteiger partial charge in [-0.1, -0.05) is 5.16 Å². The van der Waals surface area contributed by atoms with Gasteiger partial charge in [-0.2, -0.15) is 4.98 Å². The Hall–Kier alpha value is -2.26. The molecule has 2 aliphatic heterocycles. The highest BCUT2D eigenvalue weighted by Crippen LogP contribution is 2.20. The molecule has 2 aliphatic rings. The van der Waals surface area contributed by atoms with Crippen molar-refractivity contribution < 1.29 is 9.26 Å². The topological polar surface area (TPSA) is 83.7 Å². The van der Waals surface area contributed by atoms with Gasteiger partial charge in [0.25, 0.3) is 0 Å². The summed E-state index contributed by atoms with van der Waals surface area (Å²) in [6, 6.07) is 2.09. The van der Waals surface area contributed by atoms with Crippen LogP contribution in [0.3, 0.4) is 0 Å². The molecule has 25 heavy (non-hydrogen) atoms. The van der Waals surface area contributed by atoms with Crippen molar-refractivity contribution >= 4 is 11.6 Å². The lowest BCUT2D eigenvalue weighted by atomic mass is 10.3. The van der Waals surface area contributed by atoms with Gasteiger partial charge < -0.3 is 19.1 Å². The SMILES string of the molecule is Cc1nc(CN2CCN(c3cc(N4CCOCC4)ncn3)CC2)no1. The van der Waals surface area contributed by atoms with Crippen molar-refractivity contribution in [1.82, 2.24) is 25.0 Å². The summed E-state index contributed by atoms with van der Waals surface area (Å²) in [4.78, 5) is 20.1. The van der Waals surface area contributed by atoms with Gasteiger partial charge in [-0.3, -0.25) is 4.90 Å². The molecule has 134 valence electrons. The highest BCUT2D eigenvalue weighted by molar-refractivity contribution is 5.50. The van der Waals surface area contributed by atoms with Crippen molar-refractivity contribution in [2.75, 3.05) is 62.3 Å². The van der Waals surface area contributed by atoms with Crippen molar-refractivity contribution in [3.63, 3.8) is 0 Å². The summed E-state index contributed by atoms with van der Waals surface area (Å²) in [5.74, 6) is 3.34. The molecule has 2 saturated heterocycles. The van der Waals surface area contributed by atoms with Crippen LogP contribution in [0.15, 0.2) is 16.9 Å². The standard InChI is InChI=1S/C16H23N7O2/c1-13-19-14(20-25-13)11-21-2-4-22(5-3-21)15-10-16(18-12-17-15)23-6-8-24-9-7-23/h10,12H,2-9,11H2,1H3. The zero-order chi connectivity index (χ0) is 17.1. The second-order valence-corrected chi connectivity index (χ2v) is 6.33. The lowest BCUT2D eigenvalue weighted by molar-refractivity contribution is 0.122. The number of piperazine rings is 1. The molecule has 0 amide bonds. The van der Waals surface area contributed by atoms with Crippen LogP contribution >= 0.6 is 0 Å². The van der Waals surface area contributed by atoms with E-state index in [1.807, 2.05) is 6.92 Å². The van der Waals surface area contributed by atoms with E-state index in [-0.39, 0.29) is 0 Å². The Labute approximate surface area is 146 Å². The van der Waals surface area contributed by atoms with Gasteiger partial charge >= 0.3 is 0 Å². The van der Waals surface area contributed by atoms with Crippen LogP contribution in [-0.2, 0) is 11.3 Å². The first kappa shape index (κ1) is 16.2. The molecule has 0 saturated carbocycles. The van der Waals surface area contributed by atoms with Crippen molar-refractivity contribution in [2.45, 2.75) is 13.5 Å². The fourth-order valence-corrected chi connectivity index (χ4v) is 3.22. The van der Waals surface area contributed by atoms with Gasteiger partial charge in [0.2, 0.25) is 5.89 Å². The van der Waals surface area contributed by atoms with Gasteiger partial charge in [-0.15, -0.1) is 0 Å². The fourth-order valence-electron chi connectivity index (χ4n) is 3.22. The van der Waals surface area contributed by atoms with Crippen LogP contribution in [-0.4, -0.2) is 77.5 Å². The van der Waals surface area contributed by atoms with Crippen LogP contribution in [0.1, 0.15) is 11.7 Å². The predicted octanol–water partition coefficient (Wildman–Crippen LogP) is 0.327. The summed E-state index contributed by atoms with van der Waals surface area (Å²) in [6.45, 7) is 9.58. The minimum absolute atomic E-state index is 0.616. The van der Waals surface area contributed by atoms with Gasteiger partial charge in [-0.25, -0.2) is 9.97 Å². The highest BCUT2D eigenvalue weighted by atomic mass is 16.5. The fraction of sp³-hybridized carbons (Fsp3) is 0.625. The maximum atomic E-state index is 5.41. The summed E-state index contributed by atoms with van der Waals surface area (Å²) in [5, 5.41) is 3.97. The zero-order valence-corrected chi connectivity index (χ0v) is 14.5. The molecule has 0 N–H and O–H groups in total. The molecule has 0 radical (unpaired) electrons. The number of aryl methyl sites for hydroxylation is 1. The monoisotopic (exact) mass is 345 g/mol. The molecule has 0 aromatic carbocycles. The van der Waals surface area contributed by atoms with Crippen LogP contribution in [0.2, 0.25) is 0 Å². The number of anilines is 2. The Kier molecular flexibility index (Phi) is 4.75.